The molecule has 6 aromatic rings. The van der Waals surface area contributed by atoms with Crippen molar-refractivity contribution in [3.05, 3.63) is 119 Å². The van der Waals surface area contributed by atoms with E-state index in [1.54, 1.807) is 28.8 Å². The van der Waals surface area contributed by atoms with Crippen LogP contribution in [-0.2, 0) is 28.2 Å². The maximum atomic E-state index is 13.4. The number of aliphatic hydroxyl groups excluding tert-OH is 1. The number of nitrogens with zero attached hydrogens (tertiary/aromatic N) is 2. The number of aromatic amines is 1. The second kappa shape index (κ2) is 17.2. The molecular formula is C38H42F2N4O8S2. The van der Waals surface area contributed by atoms with E-state index in [1.807, 2.05) is 48.1 Å². The SMILES string of the molecule is CN(CCn1c(=O)oc2cc(CNC[C@@H](O)c3ccc(O)c4[nH]c(=O)ccc34)ccc21)C1CCC(OC(=O)C(O)(c2cccs2)c2cccs2)CC1.F.F. The fourth-order valence-corrected chi connectivity index (χ4v) is 8.73. The normalized spacial score (nSPS) is 16.6. The van der Waals surface area contributed by atoms with E-state index >= 15 is 0 Å². The number of aliphatic hydroxyl groups is 2. The van der Waals surface area contributed by atoms with Gasteiger partial charge in [0.2, 0.25) is 11.2 Å². The minimum atomic E-state index is -1.81. The van der Waals surface area contributed by atoms with Crippen LogP contribution in [0.15, 0.2) is 91.5 Å². The molecule has 4 heterocycles. The Bertz CT molecular complexity index is 2250. The van der Waals surface area contributed by atoms with Gasteiger partial charge in [-0.2, -0.15) is 0 Å². The highest BCUT2D eigenvalue weighted by molar-refractivity contribution is 7.12. The summed E-state index contributed by atoms with van der Waals surface area (Å²) >= 11 is 2.65. The van der Waals surface area contributed by atoms with Crippen molar-refractivity contribution in [2.24, 2.45) is 0 Å². The molecule has 54 heavy (non-hydrogen) atoms. The van der Waals surface area contributed by atoms with Crippen LogP contribution >= 0.6 is 22.7 Å². The molecule has 0 spiro atoms. The van der Waals surface area contributed by atoms with Crippen LogP contribution in [0.5, 0.6) is 5.75 Å². The molecule has 2 aromatic carbocycles. The first kappa shape index (κ1) is 40.5. The van der Waals surface area contributed by atoms with Crippen LogP contribution in [0.25, 0.3) is 22.0 Å². The molecule has 5 N–H and O–H groups in total. The Morgan fingerprint density at radius 1 is 1.04 bits per heavy atom. The summed E-state index contributed by atoms with van der Waals surface area (Å²) in [5, 5.41) is 40.0. The molecular weight excluding hydrogens is 743 g/mol. The lowest BCUT2D eigenvalue weighted by molar-refractivity contribution is -0.169. The number of fused-ring (bicyclic) bond motifs is 2. The van der Waals surface area contributed by atoms with Gasteiger partial charge in [0.15, 0.2) is 5.58 Å². The summed E-state index contributed by atoms with van der Waals surface area (Å²) in [6.45, 7) is 1.70. The molecule has 1 saturated carbocycles. The fraction of sp³-hybridized carbons (Fsp3) is 0.342. The number of hydrogen-bond acceptors (Lipinski definition) is 12. The molecule has 0 bridgehead atoms. The van der Waals surface area contributed by atoms with E-state index in [1.165, 1.54) is 34.8 Å². The average Bonchev–Trinajstić information content (AvgIpc) is 3.94. The Kier molecular flexibility index (Phi) is 12.9. The lowest BCUT2D eigenvalue weighted by Gasteiger charge is -2.35. The highest BCUT2D eigenvalue weighted by Gasteiger charge is 2.45. The molecule has 1 aliphatic carbocycles. The summed E-state index contributed by atoms with van der Waals surface area (Å²) < 4.78 is 13.2. The third-order valence-corrected chi connectivity index (χ3v) is 11.9. The van der Waals surface area contributed by atoms with E-state index in [-0.39, 0.29) is 44.9 Å². The average molecular weight is 785 g/mol. The Labute approximate surface area is 316 Å². The summed E-state index contributed by atoms with van der Waals surface area (Å²) in [5.41, 5.74) is 0.750. The standard InChI is InChI=1S/C38H40N4O8S2.2FH/c1-41(24-7-9-25(10-8-24)49-36(46)38(48,32-4-2-18-51-32)33-5-3-19-52-33)16-17-42-28-13-6-23(20-31(28)50-37(42)47)21-39-22-30(44)26-11-14-29(43)35-27(26)12-15-34(45)40-35;;/h2-6,11-15,18-20,24-25,30,39,43-44,48H,7-10,16-17,21-22H2,1H3,(H,40,45);2*1H/t24?,25?,30-;;/m1../s1. The van der Waals surface area contributed by atoms with Crippen LogP contribution < -0.4 is 16.6 Å². The number of hydrogen-bond donors (Lipinski definition) is 5. The second-order valence-electron chi connectivity index (χ2n) is 13.2. The number of aromatic hydroxyl groups is 1. The van der Waals surface area contributed by atoms with Gasteiger partial charge in [0.1, 0.15) is 11.9 Å². The van der Waals surface area contributed by atoms with Gasteiger partial charge in [-0.25, -0.2) is 9.59 Å². The molecule has 288 valence electrons. The molecule has 0 saturated heterocycles. The van der Waals surface area contributed by atoms with Crippen molar-refractivity contribution in [1.82, 2.24) is 19.8 Å². The molecule has 16 heteroatoms. The highest BCUT2D eigenvalue weighted by atomic mass is 32.1. The lowest BCUT2D eigenvalue weighted by Crippen LogP contribution is -2.42. The smallest absolute Gasteiger partial charge is 0.419 e. The van der Waals surface area contributed by atoms with Crippen molar-refractivity contribution < 1.29 is 38.7 Å². The predicted molar refractivity (Wildman–Crippen MR) is 205 cm³/mol. The Morgan fingerprint density at radius 2 is 1.74 bits per heavy atom. The van der Waals surface area contributed by atoms with Crippen LogP contribution in [0.4, 0.5) is 9.41 Å². The largest absolute Gasteiger partial charge is 0.506 e. The maximum Gasteiger partial charge on any atom is 0.419 e. The Balaban J connectivity index is 0.00000280. The van der Waals surface area contributed by atoms with Gasteiger partial charge in [-0.05, 0) is 91.0 Å². The number of esters is 1. The van der Waals surface area contributed by atoms with E-state index < -0.39 is 23.4 Å². The number of likely N-dealkylation sites (N-methyl/N-ethyl adjacent to an activating group) is 1. The Morgan fingerprint density at radius 3 is 2.41 bits per heavy atom. The number of thiophene rings is 2. The fourth-order valence-electron chi connectivity index (χ4n) is 7.02. The number of phenols is 1. The number of phenolic OH excluding ortho intramolecular Hbond substituents is 1. The number of oxazole rings is 1. The molecule has 7 rings (SSSR count). The first-order valence-corrected chi connectivity index (χ1v) is 19.0. The second-order valence-corrected chi connectivity index (χ2v) is 15.1. The van der Waals surface area contributed by atoms with E-state index in [0.29, 0.717) is 64.3 Å². The summed E-state index contributed by atoms with van der Waals surface area (Å²) in [5.74, 6) is -1.14. The number of nitrogens with one attached hydrogen (secondary N) is 2. The number of pyridine rings is 1. The number of carbonyl (C=O) groups is 1. The molecule has 0 aliphatic heterocycles. The number of carbonyl (C=O) groups excluding carboxylic acids is 1. The molecule has 1 aliphatic rings. The van der Waals surface area contributed by atoms with Gasteiger partial charge >= 0.3 is 11.7 Å². The number of rotatable bonds is 13. The van der Waals surface area contributed by atoms with Crippen LogP contribution in [0.1, 0.15) is 52.7 Å². The molecule has 0 amide bonds. The van der Waals surface area contributed by atoms with Crippen molar-refractivity contribution in [3.8, 4) is 5.75 Å². The van der Waals surface area contributed by atoms with Crippen LogP contribution in [-0.4, -0.2) is 68.0 Å². The van der Waals surface area contributed by atoms with E-state index in [0.717, 1.165) is 18.4 Å². The third-order valence-electron chi connectivity index (χ3n) is 9.93. The van der Waals surface area contributed by atoms with Crippen molar-refractivity contribution >= 4 is 50.6 Å². The lowest BCUT2D eigenvalue weighted by atomic mass is 9.91. The van der Waals surface area contributed by atoms with Gasteiger partial charge in [-0.1, -0.05) is 24.3 Å². The summed E-state index contributed by atoms with van der Waals surface area (Å²) in [7, 11) is 2.04. The minimum Gasteiger partial charge on any atom is -0.506 e. The number of aromatic nitrogens is 2. The van der Waals surface area contributed by atoms with E-state index in [4.69, 9.17) is 9.15 Å². The van der Waals surface area contributed by atoms with Crippen LogP contribution in [0, 0.1) is 0 Å². The molecule has 12 nitrogen and oxygen atoms in total. The van der Waals surface area contributed by atoms with Crippen molar-refractivity contribution in [2.45, 2.75) is 62.6 Å². The van der Waals surface area contributed by atoms with E-state index in [2.05, 4.69) is 15.2 Å². The zero-order valence-corrected chi connectivity index (χ0v) is 30.9. The zero-order chi connectivity index (χ0) is 36.4. The predicted octanol–water partition coefficient (Wildman–Crippen LogP) is 5.12. The molecule has 4 aromatic heterocycles. The molecule has 1 fully saturated rings. The summed E-state index contributed by atoms with van der Waals surface area (Å²) in [6, 6.07) is 19.0. The van der Waals surface area contributed by atoms with Gasteiger partial charge in [-0.15, -0.1) is 22.7 Å². The Hall–Kier alpha value is -4.71. The van der Waals surface area contributed by atoms with Crippen molar-refractivity contribution in [1.29, 1.82) is 0 Å². The first-order chi connectivity index (χ1) is 25.1. The highest BCUT2D eigenvalue weighted by Crippen LogP contribution is 2.38. The number of H-pyrrole nitrogens is 1. The van der Waals surface area contributed by atoms with Gasteiger partial charge in [0.25, 0.3) is 0 Å². The molecule has 0 unspecified atom stereocenters. The minimum absolute atomic E-state index is 0. The third kappa shape index (κ3) is 8.18. The van der Waals surface area contributed by atoms with Crippen LogP contribution in [0.3, 0.4) is 0 Å². The summed E-state index contributed by atoms with van der Waals surface area (Å²) in [6.07, 6.45) is 1.82. The van der Waals surface area contributed by atoms with Gasteiger partial charge in [0.05, 0.1) is 26.9 Å². The van der Waals surface area contributed by atoms with Gasteiger partial charge < -0.3 is 39.7 Å². The number of benzene rings is 2. The molecule has 1 atom stereocenters. The summed E-state index contributed by atoms with van der Waals surface area (Å²) in [4.78, 5) is 43.9. The van der Waals surface area contributed by atoms with Crippen molar-refractivity contribution in [2.75, 3.05) is 20.1 Å². The van der Waals surface area contributed by atoms with E-state index in [9.17, 15) is 29.7 Å². The van der Waals surface area contributed by atoms with Gasteiger partial charge in [0, 0.05) is 43.7 Å². The molecule has 0 radical (unpaired) electrons. The first-order valence-electron chi connectivity index (χ1n) is 17.2. The maximum absolute atomic E-state index is 13.4. The van der Waals surface area contributed by atoms with Crippen molar-refractivity contribution in [3.63, 3.8) is 0 Å². The topological polar surface area (TPSA) is 170 Å². The number of halogens is 2. The zero-order valence-electron chi connectivity index (χ0n) is 29.3. The quantitative estimate of drug-likeness (QED) is 0.0992. The van der Waals surface area contributed by atoms with Crippen LogP contribution in [0.2, 0.25) is 0 Å². The van der Waals surface area contributed by atoms with Gasteiger partial charge in [-0.3, -0.25) is 18.8 Å². The number of ether oxygens (including phenoxy) is 1. The monoisotopic (exact) mass is 784 g/mol.